The summed E-state index contributed by atoms with van der Waals surface area (Å²) in [7, 11) is 1.81. The van der Waals surface area contributed by atoms with Crippen LogP contribution >= 0.6 is 0 Å². The fraction of sp³-hybridized carbons (Fsp3) is 0.600. The lowest BCUT2D eigenvalue weighted by atomic mass is 9.96. The molecule has 0 aliphatic carbocycles. The zero-order chi connectivity index (χ0) is 18.8. The van der Waals surface area contributed by atoms with Crippen LogP contribution in [0.3, 0.4) is 0 Å². The van der Waals surface area contributed by atoms with Crippen molar-refractivity contribution >= 4 is 23.2 Å². The first-order valence-corrected chi connectivity index (χ1v) is 9.92. The van der Waals surface area contributed by atoms with E-state index in [0.29, 0.717) is 12.1 Å². The summed E-state index contributed by atoms with van der Waals surface area (Å²) in [4.78, 5) is 31.5. The molecule has 2 fully saturated rings. The van der Waals surface area contributed by atoms with Gasteiger partial charge in [0.2, 0.25) is 5.91 Å². The lowest BCUT2D eigenvalue weighted by molar-refractivity contribution is -0.120. The van der Waals surface area contributed by atoms with Gasteiger partial charge >= 0.3 is 0 Å². The Morgan fingerprint density at radius 3 is 2.81 bits per heavy atom. The minimum Gasteiger partial charge on any atom is -0.379 e. The number of carbonyl (C=O) groups excluding carboxylic acids is 2. The monoisotopic (exact) mass is 372 g/mol. The van der Waals surface area contributed by atoms with E-state index in [1.54, 1.807) is 4.90 Å². The Bertz CT molecular complexity index is 717. The number of benzene rings is 1. The third-order valence-electron chi connectivity index (χ3n) is 5.84. The predicted molar refractivity (Wildman–Crippen MR) is 104 cm³/mol. The number of rotatable bonds is 4. The highest BCUT2D eigenvalue weighted by Gasteiger charge is 2.37. The van der Waals surface area contributed by atoms with Crippen molar-refractivity contribution in [3.8, 4) is 0 Å². The number of amides is 2. The van der Waals surface area contributed by atoms with Crippen molar-refractivity contribution in [3.05, 3.63) is 23.8 Å². The second-order valence-corrected chi connectivity index (χ2v) is 7.52. The topological polar surface area (TPSA) is 65.1 Å². The quantitative estimate of drug-likeness (QED) is 0.857. The standard InChI is InChI=1S/C20H28N4O3/c1-22-18-14-15(19(25)21-7-9-23-10-12-27-13-11-23)5-6-16(18)24-8-3-2-4-17(24)20(22)26/h5-6,14,17H,2-4,7-13H2,1H3,(H,21,25)/t17-/m0/s1. The molecule has 7 heteroatoms. The molecule has 1 aromatic carbocycles. The van der Waals surface area contributed by atoms with Crippen LogP contribution in [0.1, 0.15) is 29.6 Å². The molecule has 0 aromatic heterocycles. The van der Waals surface area contributed by atoms with Crippen molar-refractivity contribution in [2.24, 2.45) is 0 Å². The van der Waals surface area contributed by atoms with Crippen molar-refractivity contribution in [3.63, 3.8) is 0 Å². The zero-order valence-corrected chi connectivity index (χ0v) is 15.9. The fourth-order valence-corrected chi connectivity index (χ4v) is 4.25. The number of nitrogens with one attached hydrogen (secondary N) is 1. The number of carbonyl (C=O) groups is 2. The summed E-state index contributed by atoms with van der Waals surface area (Å²) in [6.07, 6.45) is 3.11. The lowest BCUT2D eigenvalue weighted by Gasteiger charge is -2.44. The molecule has 7 nitrogen and oxygen atoms in total. The minimum absolute atomic E-state index is 0.0514. The summed E-state index contributed by atoms with van der Waals surface area (Å²) in [5.41, 5.74) is 2.50. The van der Waals surface area contributed by atoms with E-state index >= 15 is 0 Å². The van der Waals surface area contributed by atoms with Gasteiger partial charge in [-0.05, 0) is 37.5 Å². The molecule has 0 unspecified atom stereocenters. The first-order chi connectivity index (χ1) is 13.1. The number of piperidine rings is 1. The zero-order valence-electron chi connectivity index (χ0n) is 15.9. The number of hydrogen-bond acceptors (Lipinski definition) is 5. The average molecular weight is 372 g/mol. The van der Waals surface area contributed by atoms with Crippen LogP contribution in [-0.4, -0.2) is 75.7 Å². The summed E-state index contributed by atoms with van der Waals surface area (Å²) in [5, 5.41) is 3.00. The van der Waals surface area contributed by atoms with Crippen molar-refractivity contribution in [2.45, 2.75) is 25.3 Å². The first kappa shape index (κ1) is 18.3. The second kappa shape index (κ2) is 7.86. The number of likely N-dealkylation sites (N-methyl/N-ethyl adjacent to an activating group) is 1. The molecule has 1 aromatic rings. The molecule has 2 amide bonds. The van der Waals surface area contributed by atoms with E-state index in [2.05, 4.69) is 15.1 Å². The van der Waals surface area contributed by atoms with Gasteiger partial charge in [-0.2, -0.15) is 0 Å². The van der Waals surface area contributed by atoms with Gasteiger partial charge < -0.3 is 19.9 Å². The van der Waals surface area contributed by atoms with Crippen molar-refractivity contribution in [1.82, 2.24) is 10.2 Å². The second-order valence-electron chi connectivity index (χ2n) is 7.52. The van der Waals surface area contributed by atoms with Crippen molar-refractivity contribution < 1.29 is 14.3 Å². The molecule has 3 heterocycles. The maximum atomic E-state index is 12.7. The minimum atomic E-state index is -0.0901. The number of ether oxygens (including phenoxy) is 1. The summed E-state index contributed by atoms with van der Waals surface area (Å²) < 4.78 is 5.34. The molecular weight excluding hydrogens is 344 g/mol. The molecule has 3 aliphatic heterocycles. The Kier molecular flexibility index (Phi) is 5.31. The normalized spacial score (nSPS) is 23.0. The number of nitrogens with zero attached hydrogens (tertiary/aromatic N) is 3. The maximum absolute atomic E-state index is 12.7. The van der Waals surface area contributed by atoms with Crippen LogP contribution in [0.5, 0.6) is 0 Å². The highest BCUT2D eigenvalue weighted by Crippen LogP contribution is 2.39. The summed E-state index contributed by atoms with van der Waals surface area (Å²) >= 11 is 0. The van der Waals surface area contributed by atoms with Gasteiger partial charge in [0.1, 0.15) is 6.04 Å². The molecule has 0 spiro atoms. The van der Waals surface area contributed by atoms with Crippen LogP contribution in [0.15, 0.2) is 18.2 Å². The number of hydrogen-bond donors (Lipinski definition) is 1. The molecule has 0 bridgehead atoms. The molecule has 2 saturated heterocycles. The lowest BCUT2D eigenvalue weighted by Crippen LogP contribution is -2.54. The van der Waals surface area contributed by atoms with Gasteiger partial charge in [0.25, 0.3) is 5.91 Å². The number of anilines is 2. The van der Waals surface area contributed by atoms with Crippen LogP contribution in [0, 0.1) is 0 Å². The predicted octanol–water partition coefficient (Wildman–Crippen LogP) is 1.08. The highest BCUT2D eigenvalue weighted by molar-refractivity contribution is 6.07. The molecule has 0 radical (unpaired) electrons. The molecule has 0 saturated carbocycles. The molecule has 3 aliphatic rings. The van der Waals surface area contributed by atoms with Crippen LogP contribution in [-0.2, 0) is 9.53 Å². The van der Waals surface area contributed by atoms with Crippen LogP contribution in [0.4, 0.5) is 11.4 Å². The summed E-state index contributed by atoms with van der Waals surface area (Å²) in [5.74, 6) is 0.0414. The smallest absolute Gasteiger partial charge is 0.251 e. The maximum Gasteiger partial charge on any atom is 0.251 e. The van der Waals surface area contributed by atoms with E-state index in [4.69, 9.17) is 4.74 Å². The Hall–Kier alpha value is -2.12. The van der Waals surface area contributed by atoms with Crippen molar-refractivity contribution in [2.75, 3.05) is 62.8 Å². The average Bonchev–Trinajstić information content (AvgIpc) is 2.72. The molecule has 4 rings (SSSR count). The van der Waals surface area contributed by atoms with Crippen molar-refractivity contribution in [1.29, 1.82) is 0 Å². The molecule has 27 heavy (non-hydrogen) atoms. The van der Waals surface area contributed by atoms with Gasteiger partial charge in [0.15, 0.2) is 0 Å². The van der Waals surface area contributed by atoms with E-state index < -0.39 is 0 Å². The van der Waals surface area contributed by atoms with Crippen LogP contribution < -0.4 is 15.1 Å². The number of morpholine rings is 1. The van der Waals surface area contributed by atoms with Crippen LogP contribution in [0.25, 0.3) is 0 Å². The van der Waals surface area contributed by atoms with E-state index in [1.165, 1.54) is 0 Å². The summed E-state index contributed by atoms with van der Waals surface area (Å²) in [6, 6.07) is 5.66. The van der Waals surface area contributed by atoms with Gasteiger partial charge in [-0.25, -0.2) is 0 Å². The fourth-order valence-electron chi connectivity index (χ4n) is 4.25. The van der Waals surface area contributed by atoms with E-state index in [1.807, 2.05) is 25.2 Å². The Morgan fingerprint density at radius 2 is 2.00 bits per heavy atom. The SMILES string of the molecule is CN1C(=O)[C@@H]2CCCCN2c2ccc(C(=O)NCCN3CCOCC3)cc21. The Morgan fingerprint density at radius 1 is 1.19 bits per heavy atom. The van der Waals surface area contributed by atoms with Crippen LogP contribution in [0.2, 0.25) is 0 Å². The van der Waals surface area contributed by atoms with Gasteiger partial charge in [0, 0.05) is 45.3 Å². The largest absolute Gasteiger partial charge is 0.379 e. The Balaban J connectivity index is 1.44. The molecule has 1 atom stereocenters. The van der Waals surface area contributed by atoms with Gasteiger partial charge in [0.05, 0.1) is 24.6 Å². The molecular formula is C20H28N4O3. The first-order valence-electron chi connectivity index (χ1n) is 9.92. The third kappa shape index (κ3) is 3.66. The Labute approximate surface area is 160 Å². The third-order valence-corrected chi connectivity index (χ3v) is 5.84. The molecule has 1 N–H and O–H groups in total. The van der Waals surface area contributed by atoms with E-state index in [9.17, 15) is 9.59 Å². The van der Waals surface area contributed by atoms with Gasteiger partial charge in [-0.15, -0.1) is 0 Å². The highest BCUT2D eigenvalue weighted by atomic mass is 16.5. The van der Waals surface area contributed by atoms with Gasteiger partial charge in [-0.3, -0.25) is 14.5 Å². The van der Waals surface area contributed by atoms with E-state index in [0.717, 1.165) is 70.0 Å². The summed E-state index contributed by atoms with van der Waals surface area (Å²) in [6.45, 7) is 5.69. The number of fused-ring (bicyclic) bond motifs is 3. The van der Waals surface area contributed by atoms with E-state index in [-0.39, 0.29) is 17.9 Å². The molecule has 146 valence electrons. The van der Waals surface area contributed by atoms with Gasteiger partial charge in [-0.1, -0.05) is 0 Å².